The number of amides is 1. The predicted octanol–water partition coefficient (Wildman–Crippen LogP) is 2.65. The van der Waals surface area contributed by atoms with Gasteiger partial charge in [0.1, 0.15) is 5.69 Å². The maximum absolute atomic E-state index is 12.5. The number of benzene rings is 2. The van der Waals surface area contributed by atoms with Crippen molar-refractivity contribution in [2.24, 2.45) is 7.05 Å². The van der Waals surface area contributed by atoms with Gasteiger partial charge in [-0.05, 0) is 17.7 Å². The molecule has 6 heteroatoms. The molecule has 1 amide bonds. The highest BCUT2D eigenvalue weighted by Gasteiger charge is 2.37. The Kier molecular flexibility index (Phi) is 2.88. The number of nitrogens with one attached hydrogen (secondary N) is 1. The van der Waals surface area contributed by atoms with Crippen LogP contribution in [-0.2, 0) is 7.05 Å². The van der Waals surface area contributed by atoms with Gasteiger partial charge in [0.2, 0.25) is 6.79 Å². The molecule has 0 spiro atoms. The first-order valence-electron chi connectivity index (χ1n) is 8.05. The summed E-state index contributed by atoms with van der Waals surface area (Å²) in [5.74, 6) is 1.31. The molecule has 0 aliphatic carbocycles. The number of aryl methyl sites for hydroxylation is 1. The Labute approximate surface area is 144 Å². The summed E-state index contributed by atoms with van der Waals surface area (Å²) in [5, 5.41) is 7.66. The molecular formula is C19H15N3O3. The lowest BCUT2D eigenvalue weighted by molar-refractivity contribution is 0.0951. The van der Waals surface area contributed by atoms with Gasteiger partial charge in [0.25, 0.3) is 5.91 Å². The zero-order valence-electron chi connectivity index (χ0n) is 13.5. The first-order valence-corrected chi connectivity index (χ1v) is 8.05. The van der Waals surface area contributed by atoms with Crippen LogP contribution in [0.25, 0.3) is 11.3 Å². The van der Waals surface area contributed by atoms with Crippen molar-refractivity contribution in [3.05, 3.63) is 65.4 Å². The van der Waals surface area contributed by atoms with Gasteiger partial charge < -0.3 is 14.8 Å². The molecule has 1 atom stereocenters. The largest absolute Gasteiger partial charge is 0.454 e. The third-order valence-corrected chi connectivity index (χ3v) is 4.64. The Morgan fingerprint density at radius 1 is 1.12 bits per heavy atom. The van der Waals surface area contributed by atoms with Crippen molar-refractivity contribution >= 4 is 5.91 Å². The number of hydrogen-bond donors (Lipinski definition) is 1. The molecule has 1 unspecified atom stereocenters. The molecule has 3 heterocycles. The van der Waals surface area contributed by atoms with Crippen molar-refractivity contribution in [1.82, 2.24) is 15.1 Å². The second kappa shape index (κ2) is 5.11. The molecular weight excluding hydrogens is 318 g/mol. The fourth-order valence-corrected chi connectivity index (χ4v) is 3.51. The summed E-state index contributed by atoms with van der Waals surface area (Å²) in [6.07, 6.45) is 0. The second-order valence-corrected chi connectivity index (χ2v) is 6.12. The van der Waals surface area contributed by atoms with Crippen molar-refractivity contribution in [3.63, 3.8) is 0 Å². The van der Waals surface area contributed by atoms with Crippen LogP contribution in [0.4, 0.5) is 0 Å². The van der Waals surface area contributed by atoms with Crippen LogP contribution < -0.4 is 14.8 Å². The Bertz CT molecular complexity index is 995. The summed E-state index contributed by atoms with van der Waals surface area (Å²) in [4.78, 5) is 12.5. The normalized spacial score (nSPS) is 17.5. The molecule has 6 nitrogen and oxygen atoms in total. The van der Waals surface area contributed by atoms with Gasteiger partial charge in [-0.25, -0.2) is 0 Å². The highest BCUT2D eigenvalue weighted by Crippen LogP contribution is 2.41. The Morgan fingerprint density at radius 3 is 2.76 bits per heavy atom. The van der Waals surface area contributed by atoms with E-state index in [9.17, 15) is 4.79 Å². The number of carbonyl (C=O) groups excluding carboxylic acids is 1. The summed E-state index contributed by atoms with van der Waals surface area (Å²) >= 11 is 0. The second-order valence-electron chi connectivity index (χ2n) is 6.12. The van der Waals surface area contributed by atoms with Gasteiger partial charge >= 0.3 is 0 Å². The van der Waals surface area contributed by atoms with E-state index >= 15 is 0 Å². The lowest BCUT2D eigenvalue weighted by Crippen LogP contribution is -2.22. The maximum Gasteiger partial charge on any atom is 0.270 e. The molecule has 1 aromatic heterocycles. The van der Waals surface area contributed by atoms with E-state index < -0.39 is 0 Å². The number of fused-ring (bicyclic) bond motifs is 2. The number of rotatable bonds is 2. The fourth-order valence-electron chi connectivity index (χ4n) is 3.51. The molecule has 2 aliphatic rings. The maximum atomic E-state index is 12.5. The smallest absolute Gasteiger partial charge is 0.270 e. The lowest BCUT2D eigenvalue weighted by Gasteiger charge is -2.14. The Hall–Kier alpha value is -3.28. The van der Waals surface area contributed by atoms with E-state index in [4.69, 9.17) is 9.47 Å². The fraction of sp³-hybridized carbons (Fsp3) is 0.158. The summed E-state index contributed by atoms with van der Waals surface area (Å²) in [7, 11) is 1.80. The van der Waals surface area contributed by atoms with Crippen LogP contribution in [0, 0.1) is 0 Å². The van der Waals surface area contributed by atoms with E-state index in [1.807, 2.05) is 48.5 Å². The Balaban J connectivity index is 1.68. The standard InChI is InChI=1S/C19H15N3O3/c1-22-18-15(17(21-22)11-5-3-2-4-6-11)16(20-19(18)23)12-7-8-13-14(9-12)25-10-24-13/h2-9,16H,10H2,1H3,(H,20,23). The molecule has 1 N–H and O–H groups in total. The van der Waals surface area contributed by atoms with Crippen LogP contribution in [-0.4, -0.2) is 22.5 Å². The first-order chi connectivity index (χ1) is 12.2. The van der Waals surface area contributed by atoms with Crippen molar-refractivity contribution in [2.75, 3.05) is 6.79 Å². The monoisotopic (exact) mass is 333 g/mol. The molecule has 25 heavy (non-hydrogen) atoms. The molecule has 0 bridgehead atoms. The number of hydrogen-bond acceptors (Lipinski definition) is 4. The molecule has 2 aromatic carbocycles. The Morgan fingerprint density at radius 2 is 1.92 bits per heavy atom. The molecule has 2 aliphatic heterocycles. The minimum Gasteiger partial charge on any atom is -0.454 e. The van der Waals surface area contributed by atoms with E-state index in [1.165, 1.54) is 0 Å². The highest BCUT2D eigenvalue weighted by atomic mass is 16.7. The van der Waals surface area contributed by atoms with Gasteiger partial charge in [0.05, 0.1) is 11.7 Å². The molecule has 3 aromatic rings. The van der Waals surface area contributed by atoms with Gasteiger partial charge in [-0.2, -0.15) is 5.10 Å². The van der Waals surface area contributed by atoms with E-state index in [2.05, 4.69) is 10.4 Å². The molecule has 0 radical (unpaired) electrons. The summed E-state index contributed by atoms with van der Waals surface area (Å²) < 4.78 is 12.5. The third kappa shape index (κ3) is 2.04. The minimum absolute atomic E-state index is 0.116. The van der Waals surface area contributed by atoms with E-state index in [1.54, 1.807) is 11.7 Å². The molecule has 124 valence electrons. The molecule has 0 saturated carbocycles. The van der Waals surface area contributed by atoms with Crippen LogP contribution in [0.1, 0.15) is 27.7 Å². The number of nitrogens with zero attached hydrogens (tertiary/aromatic N) is 2. The quantitative estimate of drug-likeness (QED) is 0.783. The highest BCUT2D eigenvalue weighted by molar-refractivity contribution is 6.00. The number of aromatic nitrogens is 2. The van der Waals surface area contributed by atoms with E-state index in [-0.39, 0.29) is 18.7 Å². The van der Waals surface area contributed by atoms with Crippen molar-refractivity contribution in [2.45, 2.75) is 6.04 Å². The van der Waals surface area contributed by atoms with Crippen LogP contribution in [0.3, 0.4) is 0 Å². The van der Waals surface area contributed by atoms with Gasteiger partial charge in [0, 0.05) is 18.2 Å². The van der Waals surface area contributed by atoms with E-state index in [0.717, 1.165) is 28.1 Å². The minimum atomic E-state index is -0.263. The summed E-state index contributed by atoms with van der Waals surface area (Å²) in [6.45, 7) is 0.225. The lowest BCUT2D eigenvalue weighted by atomic mass is 9.96. The number of ether oxygens (including phenoxy) is 2. The van der Waals surface area contributed by atoms with Gasteiger partial charge in [-0.1, -0.05) is 36.4 Å². The third-order valence-electron chi connectivity index (χ3n) is 4.64. The SMILES string of the molecule is Cn1nc(-c2ccccc2)c2c1C(=O)NC2c1ccc2c(c1)OCO2. The summed E-state index contributed by atoms with van der Waals surface area (Å²) in [6, 6.07) is 15.4. The van der Waals surface area contributed by atoms with Crippen molar-refractivity contribution < 1.29 is 14.3 Å². The molecule has 5 rings (SSSR count). The zero-order valence-corrected chi connectivity index (χ0v) is 13.5. The first kappa shape index (κ1) is 14.1. The summed E-state index contributed by atoms with van der Waals surface area (Å²) in [5.41, 5.74) is 4.25. The van der Waals surface area contributed by atoms with Gasteiger partial charge in [-0.15, -0.1) is 0 Å². The topological polar surface area (TPSA) is 65.4 Å². The average molecular weight is 333 g/mol. The zero-order chi connectivity index (χ0) is 17.0. The van der Waals surface area contributed by atoms with Gasteiger partial charge in [0.15, 0.2) is 11.5 Å². The van der Waals surface area contributed by atoms with Crippen molar-refractivity contribution in [3.8, 4) is 22.8 Å². The average Bonchev–Trinajstić information content (AvgIpc) is 3.31. The van der Waals surface area contributed by atoms with Crippen LogP contribution in [0.5, 0.6) is 11.5 Å². The predicted molar refractivity (Wildman–Crippen MR) is 90.5 cm³/mol. The van der Waals surface area contributed by atoms with Crippen LogP contribution >= 0.6 is 0 Å². The van der Waals surface area contributed by atoms with E-state index in [0.29, 0.717) is 11.4 Å². The van der Waals surface area contributed by atoms with Gasteiger partial charge in [-0.3, -0.25) is 9.48 Å². The van der Waals surface area contributed by atoms with Crippen LogP contribution in [0.2, 0.25) is 0 Å². The molecule has 0 saturated heterocycles. The molecule has 0 fully saturated rings. The van der Waals surface area contributed by atoms with Crippen molar-refractivity contribution in [1.29, 1.82) is 0 Å². The number of carbonyl (C=O) groups is 1. The van der Waals surface area contributed by atoms with Crippen LogP contribution in [0.15, 0.2) is 48.5 Å².